The number of hydrogen-bond donors (Lipinski definition) is 1. The van der Waals surface area contributed by atoms with E-state index in [1.54, 1.807) is 13.0 Å². The molecule has 5 heteroatoms. The minimum absolute atomic E-state index is 0.114. The number of aryl methyl sites for hydroxylation is 1. The van der Waals surface area contributed by atoms with Crippen LogP contribution in [0, 0.1) is 13.8 Å². The molecule has 19 heavy (non-hydrogen) atoms. The fraction of sp³-hybridized carbons (Fsp3) is 0.214. The molecule has 0 aliphatic heterocycles. The molecule has 0 unspecified atom stereocenters. The quantitative estimate of drug-likeness (QED) is 0.815. The maximum absolute atomic E-state index is 13.0. The molecule has 2 rings (SSSR count). The van der Waals surface area contributed by atoms with Crippen LogP contribution in [0.1, 0.15) is 27.0 Å². The van der Waals surface area contributed by atoms with Crippen LogP contribution in [0.4, 0.5) is 13.2 Å². The Morgan fingerprint density at radius 2 is 1.89 bits per heavy atom. The Hall–Kier alpha value is -2.04. The number of benzene rings is 1. The van der Waals surface area contributed by atoms with Crippen molar-refractivity contribution in [2.45, 2.75) is 20.0 Å². The van der Waals surface area contributed by atoms with Crippen LogP contribution < -0.4 is 0 Å². The molecule has 0 aliphatic rings. The van der Waals surface area contributed by atoms with Crippen molar-refractivity contribution in [3.63, 3.8) is 0 Å². The average molecular weight is 267 g/mol. The van der Waals surface area contributed by atoms with Crippen LogP contribution in [0.5, 0.6) is 0 Å². The number of carbonyl (C=O) groups excluding carboxylic acids is 1. The monoisotopic (exact) mass is 267 g/mol. The van der Waals surface area contributed by atoms with Crippen molar-refractivity contribution in [2.75, 3.05) is 0 Å². The zero-order chi connectivity index (χ0) is 14.2. The number of nitrogens with one attached hydrogen (secondary N) is 1. The van der Waals surface area contributed by atoms with Crippen LogP contribution in [-0.4, -0.2) is 11.3 Å². The Bertz CT molecular complexity index is 626. The Labute approximate surface area is 108 Å². The molecule has 2 nitrogen and oxygen atoms in total. The predicted octanol–water partition coefficient (Wildman–Crippen LogP) is 4.13. The Morgan fingerprint density at radius 3 is 2.47 bits per heavy atom. The highest BCUT2D eigenvalue weighted by atomic mass is 19.4. The first-order chi connectivity index (χ1) is 8.84. The van der Waals surface area contributed by atoms with Crippen LogP contribution in [0.2, 0.25) is 0 Å². The third-order valence-electron chi connectivity index (χ3n) is 3.03. The zero-order valence-electron chi connectivity index (χ0n) is 10.4. The van der Waals surface area contributed by atoms with Crippen LogP contribution in [0.15, 0.2) is 24.4 Å². The standard InChI is InChI=1S/C14H12F3NO/c1-8-5-11(13-10(7-19)3-4-18-13)9(2)12(6-8)14(15,16)17/h3-7,18H,1-2H3. The van der Waals surface area contributed by atoms with E-state index < -0.39 is 11.7 Å². The molecule has 1 aromatic heterocycles. The van der Waals surface area contributed by atoms with Crippen LogP contribution in [0.3, 0.4) is 0 Å². The second-order valence-corrected chi connectivity index (χ2v) is 4.41. The number of H-pyrrole nitrogens is 1. The van der Waals surface area contributed by atoms with Crippen molar-refractivity contribution >= 4 is 6.29 Å². The lowest BCUT2D eigenvalue weighted by Crippen LogP contribution is -2.09. The summed E-state index contributed by atoms with van der Waals surface area (Å²) in [5.74, 6) is 0. The molecule has 0 atom stereocenters. The maximum atomic E-state index is 13.0. The van der Waals surface area contributed by atoms with Gasteiger partial charge in [-0.05, 0) is 43.2 Å². The molecule has 1 N–H and O–H groups in total. The van der Waals surface area contributed by atoms with Gasteiger partial charge in [-0.15, -0.1) is 0 Å². The van der Waals surface area contributed by atoms with Gasteiger partial charge in [0.2, 0.25) is 0 Å². The van der Waals surface area contributed by atoms with E-state index in [0.717, 1.165) is 6.07 Å². The van der Waals surface area contributed by atoms with Crippen LogP contribution in [-0.2, 0) is 6.18 Å². The lowest BCUT2D eigenvalue weighted by atomic mass is 9.95. The van der Waals surface area contributed by atoms with Gasteiger partial charge < -0.3 is 4.98 Å². The summed E-state index contributed by atoms with van der Waals surface area (Å²) >= 11 is 0. The summed E-state index contributed by atoms with van der Waals surface area (Å²) in [7, 11) is 0. The fourth-order valence-electron chi connectivity index (χ4n) is 2.13. The number of carbonyl (C=O) groups is 1. The van der Waals surface area contributed by atoms with Gasteiger partial charge in [0.05, 0.1) is 11.3 Å². The van der Waals surface area contributed by atoms with Gasteiger partial charge in [0.1, 0.15) is 0 Å². The predicted molar refractivity (Wildman–Crippen MR) is 66.1 cm³/mol. The minimum Gasteiger partial charge on any atom is -0.361 e. The van der Waals surface area contributed by atoms with Crippen molar-refractivity contribution in [2.24, 2.45) is 0 Å². The van der Waals surface area contributed by atoms with Crippen LogP contribution in [0.25, 0.3) is 11.3 Å². The summed E-state index contributed by atoms with van der Waals surface area (Å²) in [4.78, 5) is 13.7. The number of aromatic amines is 1. The summed E-state index contributed by atoms with van der Waals surface area (Å²) in [6.45, 7) is 3.01. The second kappa shape index (κ2) is 4.57. The summed E-state index contributed by atoms with van der Waals surface area (Å²) in [6, 6.07) is 4.29. The summed E-state index contributed by atoms with van der Waals surface area (Å²) in [5, 5.41) is 0. The molecule has 0 saturated heterocycles. The number of rotatable bonds is 2. The highest BCUT2D eigenvalue weighted by molar-refractivity contribution is 5.87. The van der Waals surface area contributed by atoms with E-state index in [1.807, 2.05) is 0 Å². The number of halogens is 3. The SMILES string of the molecule is Cc1cc(-c2[nH]ccc2C=O)c(C)c(C(F)(F)F)c1. The van der Waals surface area contributed by atoms with Gasteiger partial charge in [-0.3, -0.25) is 4.79 Å². The molecule has 0 saturated carbocycles. The Kier molecular flexibility index (Phi) is 3.22. The first kappa shape index (κ1) is 13.4. The topological polar surface area (TPSA) is 32.9 Å². The summed E-state index contributed by atoms with van der Waals surface area (Å²) < 4.78 is 38.9. The molecule has 0 aliphatic carbocycles. The molecule has 1 heterocycles. The lowest BCUT2D eigenvalue weighted by molar-refractivity contribution is -0.138. The van der Waals surface area contributed by atoms with E-state index in [1.165, 1.54) is 19.2 Å². The number of hydrogen-bond acceptors (Lipinski definition) is 1. The first-order valence-electron chi connectivity index (χ1n) is 5.66. The summed E-state index contributed by atoms with van der Waals surface area (Å²) in [5.41, 5.74) is 1.11. The molecule has 0 fully saturated rings. The van der Waals surface area contributed by atoms with Crippen LogP contribution >= 0.6 is 0 Å². The molecule has 0 spiro atoms. The van der Waals surface area contributed by atoms with E-state index in [9.17, 15) is 18.0 Å². The molecule has 0 radical (unpaired) electrons. The lowest BCUT2D eigenvalue weighted by Gasteiger charge is -2.15. The fourth-order valence-corrected chi connectivity index (χ4v) is 2.13. The molecule has 2 aromatic rings. The molecule has 1 aromatic carbocycles. The van der Waals surface area contributed by atoms with E-state index in [4.69, 9.17) is 0 Å². The molecule has 0 amide bonds. The smallest absolute Gasteiger partial charge is 0.361 e. The van der Waals surface area contributed by atoms with Crippen molar-refractivity contribution in [1.29, 1.82) is 0 Å². The Balaban J connectivity index is 2.72. The van der Waals surface area contributed by atoms with E-state index in [-0.39, 0.29) is 5.56 Å². The van der Waals surface area contributed by atoms with Gasteiger partial charge in [0.25, 0.3) is 0 Å². The Morgan fingerprint density at radius 1 is 1.21 bits per heavy atom. The van der Waals surface area contributed by atoms with Crippen molar-refractivity contribution < 1.29 is 18.0 Å². The van der Waals surface area contributed by atoms with Gasteiger partial charge in [-0.2, -0.15) is 13.2 Å². The third-order valence-corrected chi connectivity index (χ3v) is 3.03. The van der Waals surface area contributed by atoms with Gasteiger partial charge >= 0.3 is 6.18 Å². The number of alkyl halides is 3. The highest BCUT2D eigenvalue weighted by Crippen LogP contribution is 2.37. The zero-order valence-corrected chi connectivity index (χ0v) is 10.4. The van der Waals surface area contributed by atoms with E-state index in [0.29, 0.717) is 28.7 Å². The van der Waals surface area contributed by atoms with Gasteiger partial charge in [0, 0.05) is 17.3 Å². The van der Waals surface area contributed by atoms with Gasteiger partial charge in [-0.25, -0.2) is 0 Å². The van der Waals surface area contributed by atoms with E-state index in [2.05, 4.69) is 4.98 Å². The second-order valence-electron chi connectivity index (χ2n) is 4.41. The molecular formula is C14H12F3NO. The number of aromatic nitrogens is 1. The summed E-state index contributed by atoms with van der Waals surface area (Å²) in [6.07, 6.45) is -2.24. The van der Waals surface area contributed by atoms with Crippen molar-refractivity contribution in [3.8, 4) is 11.3 Å². The molecular weight excluding hydrogens is 255 g/mol. The third kappa shape index (κ3) is 2.41. The van der Waals surface area contributed by atoms with Gasteiger partial charge in [0.15, 0.2) is 6.29 Å². The normalized spacial score (nSPS) is 11.6. The van der Waals surface area contributed by atoms with Gasteiger partial charge in [-0.1, -0.05) is 0 Å². The largest absolute Gasteiger partial charge is 0.416 e. The minimum atomic E-state index is -4.40. The number of aldehydes is 1. The molecule has 0 bridgehead atoms. The first-order valence-corrected chi connectivity index (χ1v) is 5.66. The maximum Gasteiger partial charge on any atom is 0.416 e. The molecule has 100 valence electrons. The van der Waals surface area contributed by atoms with Crippen molar-refractivity contribution in [3.05, 3.63) is 46.6 Å². The van der Waals surface area contributed by atoms with E-state index >= 15 is 0 Å². The highest BCUT2D eigenvalue weighted by Gasteiger charge is 2.33. The average Bonchev–Trinajstić information content (AvgIpc) is 2.78. The van der Waals surface area contributed by atoms with Crippen molar-refractivity contribution in [1.82, 2.24) is 4.98 Å².